The first-order chi connectivity index (χ1) is 16.8. The molecule has 3 aromatic rings. The molecule has 0 saturated carbocycles. The topological polar surface area (TPSA) is 144 Å². The summed E-state index contributed by atoms with van der Waals surface area (Å²) in [6.45, 7) is 0.498. The van der Waals surface area contributed by atoms with E-state index in [1.807, 2.05) is 0 Å². The number of amides is 1. The first kappa shape index (κ1) is 26.7. The van der Waals surface area contributed by atoms with Gasteiger partial charge in [0.15, 0.2) is 5.69 Å². The molecular formula is C19H20F6N8O3. The fourth-order valence-corrected chi connectivity index (χ4v) is 3.40. The number of hydrogen-bond acceptors (Lipinski definition) is 7. The van der Waals surface area contributed by atoms with Gasteiger partial charge in [-0.2, -0.15) is 18.3 Å². The van der Waals surface area contributed by atoms with Crippen LogP contribution in [0.4, 0.5) is 38.0 Å². The molecule has 0 aromatic carbocycles. The summed E-state index contributed by atoms with van der Waals surface area (Å²) in [6, 6.07) is 2.78. The highest BCUT2D eigenvalue weighted by Gasteiger charge is 2.38. The molecule has 0 spiro atoms. The van der Waals surface area contributed by atoms with Crippen molar-refractivity contribution in [3.63, 3.8) is 0 Å². The molecule has 0 unspecified atom stereocenters. The number of carbonyl (C=O) groups is 2. The van der Waals surface area contributed by atoms with E-state index >= 15 is 0 Å². The van der Waals surface area contributed by atoms with E-state index < -0.39 is 36.3 Å². The summed E-state index contributed by atoms with van der Waals surface area (Å²) >= 11 is 0. The summed E-state index contributed by atoms with van der Waals surface area (Å²) in [6.07, 6.45) is -5.94. The second kappa shape index (κ2) is 10.4. The number of carbonyl (C=O) groups excluding carboxylic acids is 1. The van der Waals surface area contributed by atoms with Crippen molar-refractivity contribution in [2.75, 3.05) is 23.3 Å². The minimum atomic E-state index is -5.08. The van der Waals surface area contributed by atoms with E-state index in [-0.39, 0.29) is 36.3 Å². The molecule has 0 radical (unpaired) electrons. The van der Waals surface area contributed by atoms with E-state index in [1.165, 1.54) is 34.7 Å². The number of aromatic nitrogens is 5. The molecule has 1 aliphatic heterocycles. The number of aryl methyl sites for hydroxylation is 1. The SMILES string of the molecule is Cn1cc(NC(=O)c2ccc3cnc(N4C[C@H](N)C[C@@H](F)C4)nn23)c(C(F)F)n1.O=C(O)C(F)(F)F. The maximum absolute atomic E-state index is 13.9. The molecule has 11 nitrogen and oxygen atoms in total. The highest BCUT2D eigenvalue weighted by atomic mass is 19.4. The number of carboxylic acid groups (broad SMARTS) is 1. The molecule has 2 atom stereocenters. The fourth-order valence-electron chi connectivity index (χ4n) is 3.40. The summed E-state index contributed by atoms with van der Waals surface area (Å²) in [5.41, 5.74) is 5.91. The second-order valence-corrected chi connectivity index (χ2v) is 7.77. The van der Waals surface area contributed by atoms with Crippen LogP contribution >= 0.6 is 0 Å². The van der Waals surface area contributed by atoms with Crippen molar-refractivity contribution in [2.45, 2.75) is 31.2 Å². The second-order valence-electron chi connectivity index (χ2n) is 7.77. The Morgan fingerprint density at radius 2 is 1.89 bits per heavy atom. The first-order valence-corrected chi connectivity index (χ1v) is 10.2. The monoisotopic (exact) mass is 522 g/mol. The number of piperidine rings is 1. The number of fused-ring (bicyclic) bond motifs is 1. The molecule has 1 fully saturated rings. The number of nitrogens with one attached hydrogen (secondary N) is 1. The highest BCUT2D eigenvalue weighted by Crippen LogP contribution is 2.26. The van der Waals surface area contributed by atoms with E-state index in [1.54, 1.807) is 11.0 Å². The van der Waals surface area contributed by atoms with Crippen molar-refractivity contribution in [1.82, 2.24) is 24.4 Å². The molecule has 1 saturated heterocycles. The molecule has 0 aliphatic carbocycles. The third kappa shape index (κ3) is 6.21. The lowest BCUT2D eigenvalue weighted by Crippen LogP contribution is -2.48. The highest BCUT2D eigenvalue weighted by molar-refractivity contribution is 6.04. The van der Waals surface area contributed by atoms with Crippen molar-refractivity contribution in [3.8, 4) is 0 Å². The lowest BCUT2D eigenvalue weighted by Gasteiger charge is -2.32. The number of hydrogen-bond donors (Lipinski definition) is 3. The zero-order valence-electron chi connectivity index (χ0n) is 18.5. The number of halogens is 6. The standard InChI is InChI=1S/C17H19F3N8O.C2HF3O2/c1-26-8-12(14(24-26)15(19)20)23-16(29)13-3-2-11-5-22-17(25-28(11)13)27-6-9(18)4-10(21)7-27;3-2(4,5)1(6)7/h2-3,5,8-10,15H,4,6-7,21H2,1H3,(H,23,29);(H,6,7)/t9-,10-;/m1./s1. The summed E-state index contributed by atoms with van der Waals surface area (Å²) < 4.78 is 74.3. The molecule has 1 aliphatic rings. The van der Waals surface area contributed by atoms with E-state index in [0.29, 0.717) is 12.1 Å². The fraction of sp³-hybridized carbons (Fsp3) is 0.421. The third-order valence-corrected chi connectivity index (χ3v) is 4.89. The minimum absolute atomic E-state index is 0.0843. The van der Waals surface area contributed by atoms with Gasteiger partial charge in [0.25, 0.3) is 12.3 Å². The van der Waals surface area contributed by atoms with Gasteiger partial charge in [-0.1, -0.05) is 0 Å². The Morgan fingerprint density at radius 3 is 2.47 bits per heavy atom. The molecular weight excluding hydrogens is 502 g/mol. The zero-order chi connectivity index (χ0) is 26.8. The van der Waals surface area contributed by atoms with Gasteiger partial charge in [0, 0.05) is 25.8 Å². The van der Waals surface area contributed by atoms with Crippen molar-refractivity contribution in [1.29, 1.82) is 0 Å². The van der Waals surface area contributed by atoms with Gasteiger partial charge >= 0.3 is 12.1 Å². The summed E-state index contributed by atoms with van der Waals surface area (Å²) in [4.78, 5) is 27.4. The van der Waals surface area contributed by atoms with Crippen molar-refractivity contribution in [3.05, 3.63) is 35.9 Å². The quantitative estimate of drug-likeness (QED) is 0.443. The maximum atomic E-state index is 13.9. The van der Waals surface area contributed by atoms with Crippen LogP contribution in [0.25, 0.3) is 5.52 Å². The van der Waals surface area contributed by atoms with Gasteiger partial charge in [0.1, 0.15) is 11.9 Å². The largest absolute Gasteiger partial charge is 0.490 e. The molecule has 4 rings (SSSR count). The van der Waals surface area contributed by atoms with E-state index in [9.17, 15) is 31.1 Å². The number of nitrogens with two attached hydrogens (primary N) is 1. The first-order valence-electron chi connectivity index (χ1n) is 10.2. The Morgan fingerprint density at radius 1 is 1.22 bits per heavy atom. The van der Waals surface area contributed by atoms with Crippen LogP contribution in [-0.4, -0.2) is 72.8 Å². The molecule has 0 bridgehead atoms. The van der Waals surface area contributed by atoms with Crippen LogP contribution < -0.4 is 16.0 Å². The van der Waals surface area contributed by atoms with Crippen LogP contribution in [0.1, 0.15) is 29.0 Å². The van der Waals surface area contributed by atoms with E-state index in [4.69, 9.17) is 15.6 Å². The van der Waals surface area contributed by atoms with Crippen LogP contribution in [0.5, 0.6) is 0 Å². The van der Waals surface area contributed by atoms with Crippen molar-refractivity contribution >= 4 is 29.0 Å². The van der Waals surface area contributed by atoms with Crippen LogP contribution in [0.2, 0.25) is 0 Å². The van der Waals surface area contributed by atoms with Crippen LogP contribution in [0, 0.1) is 0 Å². The van der Waals surface area contributed by atoms with Gasteiger partial charge in [0.05, 0.1) is 23.9 Å². The summed E-state index contributed by atoms with van der Waals surface area (Å²) in [5, 5.41) is 17.6. The molecule has 4 N–H and O–H groups in total. The Kier molecular flexibility index (Phi) is 7.71. The van der Waals surface area contributed by atoms with Crippen LogP contribution in [0.3, 0.4) is 0 Å². The van der Waals surface area contributed by atoms with Gasteiger partial charge in [-0.05, 0) is 18.6 Å². The number of anilines is 2. The third-order valence-electron chi connectivity index (χ3n) is 4.89. The van der Waals surface area contributed by atoms with Crippen LogP contribution in [0.15, 0.2) is 24.5 Å². The van der Waals surface area contributed by atoms with Gasteiger partial charge in [-0.3, -0.25) is 9.48 Å². The summed E-state index contributed by atoms with van der Waals surface area (Å²) in [5.74, 6) is -3.16. The Hall–Kier alpha value is -3.89. The number of carboxylic acids is 1. The van der Waals surface area contributed by atoms with Crippen molar-refractivity contribution < 1.29 is 41.0 Å². The van der Waals surface area contributed by atoms with E-state index in [2.05, 4.69) is 20.5 Å². The van der Waals surface area contributed by atoms with E-state index in [0.717, 1.165) is 0 Å². The number of aliphatic carboxylic acids is 1. The minimum Gasteiger partial charge on any atom is -0.475 e. The Bertz CT molecular complexity index is 1230. The molecule has 4 heterocycles. The molecule has 196 valence electrons. The van der Waals surface area contributed by atoms with Gasteiger partial charge in [-0.15, -0.1) is 5.10 Å². The van der Waals surface area contributed by atoms with Gasteiger partial charge in [-0.25, -0.2) is 27.5 Å². The average Bonchev–Trinajstić information content (AvgIpc) is 3.35. The molecule has 17 heteroatoms. The lowest BCUT2D eigenvalue weighted by molar-refractivity contribution is -0.192. The van der Waals surface area contributed by atoms with Gasteiger partial charge < -0.3 is 21.1 Å². The predicted octanol–water partition coefficient (Wildman–Crippen LogP) is 2.16. The van der Waals surface area contributed by atoms with Crippen LogP contribution in [-0.2, 0) is 11.8 Å². The molecule has 36 heavy (non-hydrogen) atoms. The van der Waals surface area contributed by atoms with Crippen molar-refractivity contribution in [2.24, 2.45) is 12.8 Å². The zero-order valence-corrected chi connectivity index (χ0v) is 18.5. The number of alkyl halides is 6. The average molecular weight is 522 g/mol. The Balaban J connectivity index is 0.000000454. The summed E-state index contributed by atoms with van der Waals surface area (Å²) in [7, 11) is 1.48. The molecule has 1 amide bonds. The Labute approximate surface area is 198 Å². The molecule has 3 aromatic heterocycles. The normalized spacial score (nSPS) is 18.2. The predicted molar refractivity (Wildman–Crippen MR) is 112 cm³/mol. The van der Waals surface area contributed by atoms with Gasteiger partial charge in [0.2, 0.25) is 5.95 Å². The number of rotatable bonds is 4. The maximum Gasteiger partial charge on any atom is 0.490 e. The number of nitrogens with zero attached hydrogens (tertiary/aromatic N) is 6. The lowest BCUT2D eigenvalue weighted by atomic mass is 10.1. The smallest absolute Gasteiger partial charge is 0.475 e.